The number of nitrogens with zero attached hydrogens (tertiary/aromatic N) is 3. The number of amides is 1. The second kappa shape index (κ2) is 8.34. The summed E-state index contributed by atoms with van der Waals surface area (Å²) in [6.45, 7) is 0. The quantitative estimate of drug-likeness (QED) is 0.456. The van der Waals surface area contributed by atoms with E-state index in [1.54, 1.807) is 48.5 Å². The van der Waals surface area contributed by atoms with Gasteiger partial charge >= 0.3 is 0 Å². The first-order valence-corrected chi connectivity index (χ1v) is 10.5. The van der Waals surface area contributed by atoms with Crippen molar-refractivity contribution < 1.29 is 18.4 Å². The Bertz CT molecular complexity index is 1140. The van der Waals surface area contributed by atoms with Crippen LogP contribution in [0.15, 0.2) is 59.5 Å². The number of benzene rings is 2. The molecule has 0 spiro atoms. The number of aromatic nitrogens is 2. The maximum atomic E-state index is 12.1. The third-order valence-electron chi connectivity index (χ3n) is 4.26. The van der Waals surface area contributed by atoms with Crippen molar-refractivity contribution in [3.63, 3.8) is 0 Å². The highest BCUT2D eigenvalue weighted by Gasteiger charge is 2.20. The number of nitrogens with two attached hydrogens (primary N) is 1. The largest absolute Gasteiger partial charge is 0.286 e. The number of rotatable bonds is 6. The van der Waals surface area contributed by atoms with Crippen LogP contribution in [0.25, 0.3) is 16.9 Å². The Hall–Kier alpha value is -2.72. The molecule has 1 aromatic heterocycles. The zero-order valence-electron chi connectivity index (χ0n) is 15.5. The molecular formula is C19H19ClN4O4S. The number of carbonyl (C=O) groups is 1. The van der Waals surface area contributed by atoms with Gasteiger partial charge in [-0.2, -0.15) is 5.10 Å². The number of hydrogen-bond donors (Lipinski definition) is 2. The molecule has 0 fully saturated rings. The summed E-state index contributed by atoms with van der Waals surface area (Å²) in [5.41, 5.74) is 2.20. The van der Waals surface area contributed by atoms with E-state index in [9.17, 15) is 18.4 Å². The summed E-state index contributed by atoms with van der Waals surface area (Å²) in [6.07, 6.45) is 0.301. The predicted octanol–water partition coefficient (Wildman–Crippen LogP) is 2.62. The summed E-state index contributed by atoms with van der Waals surface area (Å²) >= 11 is 5.98. The van der Waals surface area contributed by atoms with E-state index in [0.29, 0.717) is 21.5 Å². The van der Waals surface area contributed by atoms with Gasteiger partial charge in [0, 0.05) is 30.5 Å². The molecule has 0 radical (unpaired) electrons. The highest BCUT2D eigenvalue weighted by Crippen LogP contribution is 2.28. The summed E-state index contributed by atoms with van der Waals surface area (Å²) in [5.74, 6) is -0.461. The molecule has 152 valence electrons. The molecule has 0 aliphatic rings. The van der Waals surface area contributed by atoms with E-state index in [1.807, 2.05) is 0 Å². The highest BCUT2D eigenvalue weighted by atomic mass is 35.5. The number of para-hydroxylation sites is 1. The van der Waals surface area contributed by atoms with Gasteiger partial charge in [-0.3, -0.25) is 10.0 Å². The first-order chi connectivity index (χ1) is 13.7. The van der Waals surface area contributed by atoms with Crippen LogP contribution in [0.4, 0.5) is 0 Å². The van der Waals surface area contributed by atoms with Gasteiger partial charge in [0.15, 0.2) is 0 Å². The van der Waals surface area contributed by atoms with E-state index >= 15 is 0 Å². The molecule has 3 aromatic rings. The molecule has 8 nitrogen and oxygen atoms in total. The normalized spacial score (nSPS) is 11.4. The molecule has 0 unspecified atom stereocenters. The van der Waals surface area contributed by atoms with Crippen LogP contribution in [0.1, 0.15) is 12.1 Å². The summed E-state index contributed by atoms with van der Waals surface area (Å²) in [7, 11) is -2.74. The lowest BCUT2D eigenvalue weighted by Gasteiger charge is -2.11. The van der Waals surface area contributed by atoms with Crippen LogP contribution in [0.3, 0.4) is 0 Å². The fourth-order valence-corrected chi connectivity index (χ4v) is 3.67. The number of carbonyl (C=O) groups excluding carboxylic acids is 1. The van der Waals surface area contributed by atoms with Crippen molar-refractivity contribution in [1.82, 2.24) is 14.8 Å². The first-order valence-electron chi connectivity index (χ1n) is 8.59. The summed E-state index contributed by atoms with van der Waals surface area (Å²) in [6, 6.07) is 15.0. The van der Waals surface area contributed by atoms with Crippen LogP contribution in [0.5, 0.6) is 0 Å². The van der Waals surface area contributed by atoms with Crippen LogP contribution >= 0.6 is 11.6 Å². The number of aryl methyl sites for hydroxylation is 1. The molecule has 10 heteroatoms. The molecule has 0 saturated carbocycles. The molecule has 3 rings (SSSR count). The maximum Gasteiger partial charge on any atom is 0.246 e. The third kappa shape index (κ3) is 4.83. The Morgan fingerprint density at radius 3 is 2.48 bits per heavy atom. The van der Waals surface area contributed by atoms with Gasteiger partial charge in [0.2, 0.25) is 15.9 Å². The number of hydrogen-bond acceptors (Lipinski definition) is 5. The number of halogens is 1. The molecule has 0 aliphatic heterocycles. The smallest absolute Gasteiger partial charge is 0.246 e. The van der Waals surface area contributed by atoms with E-state index in [4.69, 9.17) is 16.7 Å². The molecule has 0 saturated heterocycles. The van der Waals surface area contributed by atoms with Crippen molar-refractivity contribution in [2.45, 2.75) is 17.7 Å². The third-order valence-corrected chi connectivity index (χ3v) is 5.47. The van der Waals surface area contributed by atoms with Gasteiger partial charge in [-0.05, 0) is 30.3 Å². The van der Waals surface area contributed by atoms with E-state index in [2.05, 4.69) is 5.10 Å². The lowest BCUT2D eigenvalue weighted by atomic mass is 10.1. The molecule has 3 N–H and O–H groups in total. The molecular weight excluding hydrogens is 416 g/mol. The SMILES string of the molecule is CN(O)C(=O)CCc1cc(-c2ccc(Cl)cc2)n(-c2ccccc2S(N)(=O)=O)n1. The van der Waals surface area contributed by atoms with Crippen LogP contribution < -0.4 is 5.14 Å². The molecule has 0 aliphatic carbocycles. The van der Waals surface area contributed by atoms with Crippen LogP contribution in [0.2, 0.25) is 5.02 Å². The van der Waals surface area contributed by atoms with Gasteiger partial charge in [0.25, 0.3) is 0 Å². The van der Waals surface area contributed by atoms with Gasteiger partial charge in [-0.1, -0.05) is 35.9 Å². The summed E-state index contributed by atoms with van der Waals surface area (Å²) in [5, 5.41) is 20.2. The molecule has 2 aromatic carbocycles. The van der Waals surface area contributed by atoms with Crippen molar-refractivity contribution in [3.8, 4) is 16.9 Å². The van der Waals surface area contributed by atoms with Gasteiger partial charge < -0.3 is 0 Å². The monoisotopic (exact) mass is 434 g/mol. The zero-order valence-corrected chi connectivity index (χ0v) is 17.1. The lowest BCUT2D eigenvalue weighted by Crippen LogP contribution is -2.22. The van der Waals surface area contributed by atoms with Crippen molar-refractivity contribution in [2.75, 3.05) is 7.05 Å². The molecule has 0 atom stereocenters. The molecule has 0 bridgehead atoms. The Morgan fingerprint density at radius 1 is 1.21 bits per heavy atom. The number of sulfonamides is 1. The Balaban J connectivity index is 2.13. The van der Waals surface area contributed by atoms with Crippen molar-refractivity contribution in [1.29, 1.82) is 0 Å². The number of hydroxylamine groups is 2. The number of primary sulfonamides is 1. The Labute approximate surface area is 173 Å². The van der Waals surface area contributed by atoms with Crippen LogP contribution in [-0.4, -0.2) is 41.4 Å². The predicted molar refractivity (Wildman–Crippen MR) is 108 cm³/mol. The fourth-order valence-electron chi connectivity index (χ4n) is 2.83. The Kier molecular flexibility index (Phi) is 6.04. The van der Waals surface area contributed by atoms with E-state index in [-0.39, 0.29) is 23.4 Å². The topological polar surface area (TPSA) is 119 Å². The van der Waals surface area contributed by atoms with Gasteiger partial charge in [0.05, 0.1) is 17.1 Å². The second-order valence-corrected chi connectivity index (χ2v) is 8.34. The van der Waals surface area contributed by atoms with Crippen molar-refractivity contribution >= 4 is 27.5 Å². The molecule has 1 heterocycles. The van der Waals surface area contributed by atoms with E-state index in [0.717, 1.165) is 5.56 Å². The lowest BCUT2D eigenvalue weighted by molar-refractivity contribution is -0.159. The standard InChI is InChI=1S/C19H19ClN4O4S/c1-23(26)19(25)11-10-15-12-17(13-6-8-14(20)9-7-13)24(22-15)16-4-2-3-5-18(16)29(21,27)28/h2-9,12,26H,10-11H2,1H3,(H2,21,27,28). The van der Waals surface area contributed by atoms with Gasteiger partial charge in [-0.15, -0.1) is 0 Å². The molecule has 1 amide bonds. The molecule has 29 heavy (non-hydrogen) atoms. The van der Waals surface area contributed by atoms with Crippen molar-refractivity contribution in [3.05, 3.63) is 65.3 Å². The van der Waals surface area contributed by atoms with E-state index in [1.165, 1.54) is 17.8 Å². The average molecular weight is 435 g/mol. The Morgan fingerprint density at radius 2 is 1.86 bits per heavy atom. The fraction of sp³-hybridized carbons (Fsp3) is 0.158. The van der Waals surface area contributed by atoms with E-state index < -0.39 is 15.9 Å². The second-order valence-electron chi connectivity index (χ2n) is 6.37. The maximum absolute atomic E-state index is 12.1. The van der Waals surface area contributed by atoms with Gasteiger partial charge in [0.1, 0.15) is 4.90 Å². The zero-order chi connectivity index (χ0) is 21.2. The summed E-state index contributed by atoms with van der Waals surface area (Å²) < 4.78 is 25.6. The highest BCUT2D eigenvalue weighted by molar-refractivity contribution is 7.89. The minimum absolute atomic E-state index is 0.0426. The average Bonchev–Trinajstić information content (AvgIpc) is 3.10. The minimum Gasteiger partial charge on any atom is -0.286 e. The first kappa shape index (κ1) is 21.0. The van der Waals surface area contributed by atoms with Gasteiger partial charge in [-0.25, -0.2) is 23.3 Å². The van der Waals surface area contributed by atoms with Crippen molar-refractivity contribution in [2.24, 2.45) is 5.14 Å². The van der Waals surface area contributed by atoms with Crippen LogP contribution in [-0.2, 0) is 21.2 Å². The van der Waals surface area contributed by atoms with Crippen LogP contribution in [0, 0.1) is 0 Å². The minimum atomic E-state index is -3.99. The summed E-state index contributed by atoms with van der Waals surface area (Å²) in [4.78, 5) is 11.6.